The summed E-state index contributed by atoms with van der Waals surface area (Å²) in [5, 5.41) is 0. The number of hydrogen-bond donors (Lipinski definition) is 0. The summed E-state index contributed by atoms with van der Waals surface area (Å²) >= 11 is 0. The summed E-state index contributed by atoms with van der Waals surface area (Å²) in [6.07, 6.45) is 5.54. The molecule has 18 heavy (non-hydrogen) atoms. The Bertz CT molecular complexity index is 162. The normalized spacial score (nSPS) is 16.5. The molecule has 0 aromatic carbocycles. The molecule has 0 bridgehead atoms. The highest BCUT2D eigenvalue weighted by molar-refractivity contribution is 4.66. The third-order valence-electron chi connectivity index (χ3n) is 3.38. The maximum absolute atomic E-state index is 2.58. The first-order valence-electron chi connectivity index (χ1n) is 7.79. The minimum atomic E-state index is 0.845. The van der Waals surface area contributed by atoms with Crippen molar-refractivity contribution in [3.8, 4) is 0 Å². The Kier molecular flexibility index (Phi) is 10.8. The molecule has 0 aromatic rings. The minimum absolute atomic E-state index is 0.845. The van der Waals surface area contributed by atoms with Crippen LogP contribution in [-0.4, -0.2) is 50.1 Å². The lowest BCUT2D eigenvalue weighted by molar-refractivity contribution is 0.314. The van der Waals surface area contributed by atoms with Crippen LogP contribution in [0.15, 0.2) is 0 Å². The highest BCUT2D eigenvalue weighted by atomic mass is 15.1. The summed E-state index contributed by atoms with van der Waals surface area (Å²) in [4.78, 5) is 4.81. The van der Waals surface area contributed by atoms with E-state index < -0.39 is 0 Å². The van der Waals surface area contributed by atoms with Crippen molar-refractivity contribution in [3.63, 3.8) is 0 Å². The number of likely N-dealkylation sites (tertiary alicyclic amines) is 1. The van der Waals surface area contributed by atoms with Gasteiger partial charge in [0.15, 0.2) is 0 Å². The molecule has 1 saturated heterocycles. The SMILES string of the molecule is CC(C)CCN(C)C.CC(C)CCN1CCCC1. The van der Waals surface area contributed by atoms with E-state index in [-0.39, 0.29) is 0 Å². The van der Waals surface area contributed by atoms with Gasteiger partial charge >= 0.3 is 0 Å². The van der Waals surface area contributed by atoms with Gasteiger partial charge < -0.3 is 9.80 Å². The summed E-state index contributed by atoms with van der Waals surface area (Å²) in [5.41, 5.74) is 0. The molecule has 1 aliphatic rings. The molecule has 0 spiro atoms. The van der Waals surface area contributed by atoms with E-state index in [0.717, 1.165) is 11.8 Å². The predicted octanol–water partition coefficient (Wildman–Crippen LogP) is 3.72. The first-order valence-corrected chi connectivity index (χ1v) is 7.79. The Labute approximate surface area is 116 Å². The van der Waals surface area contributed by atoms with Crippen LogP contribution < -0.4 is 0 Å². The highest BCUT2D eigenvalue weighted by Crippen LogP contribution is 2.09. The average molecular weight is 256 g/mol. The molecule has 0 unspecified atom stereocenters. The molecule has 0 aromatic heterocycles. The van der Waals surface area contributed by atoms with Gasteiger partial charge in [0.05, 0.1) is 0 Å². The molecule has 2 heteroatoms. The van der Waals surface area contributed by atoms with E-state index >= 15 is 0 Å². The molecule has 0 aliphatic carbocycles. The van der Waals surface area contributed by atoms with Gasteiger partial charge in [-0.2, -0.15) is 0 Å². The van der Waals surface area contributed by atoms with Crippen molar-refractivity contribution in [2.45, 2.75) is 53.4 Å². The Balaban J connectivity index is 0.000000331. The molecular formula is C16H36N2. The molecule has 1 heterocycles. The minimum Gasteiger partial charge on any atom is -0.309 e. The molecule has 0 N–H and O–H groups in total. The smallest absolute Gasteiger partial charge is 0.00163 e. The average Bonchev–Trinajstić information content (AvgIpc) is 2.77. The van der Waals surface area contributed by atoms with E-state index in [4.69, 9.17) is 0 Å². The van der Waals surface area contributed by atoms with Crippen LogP contribution in [0.25, 0.3) is 0 Å². The van der Waals surface area contributed by atoms with Gasteiger partial charge in [-0.25, -0.2) is 0 Å². The van der Waals surface area contributed by atoms with Crippen molar-refractivity contribution in [3.05, 3.63) is 0 Å². The van der Waals surface area contributed by atoms with E-state index in [0.29, 0.717) is 0 Å². The molecule has 1 rings (SSSR count). The van der Waals surface area contributed by atoms with Crippen LogP contribution in [-0.2, 0) is 0 Å². The Morgan fingerprint density at radius 1 is 0.889 bits per heavy atom. The third kappa shape index (κ3) is 12.4. The maximum atomic E-state index is 2.58. The van der Waals surface area contributed by atoms with Crippen molar-refractivity contribution in [2.75, 3.05) is 40.3 Å². The lowest BCUT2D eigenvalue weighted by Crippen LogP contribution is -2.21. The van der Waals surface area contributed by atoms with Crippen molar-refractivity contribution in [1.82, 2.24) is 9.80 Å². The number of rotatable bonds is 6. The second-order valence-electron chi connectivity index (χ2n) is 6.72. The maximum Gasteiger partial charge on any atom is -0.00163 e. The van der Waals surface area contributed by atoms with Crippen LogP contribution >= 0.6 is 0 Å². The molecule has 0 amide bonds. The molecule has 0 atom stereocenters. The fraction of sp³-hybridized carbons (Fsp3) is 1.00. The monoisotopic (exact) mass is 256 g/mol. The van der Waals surface area contributed by atoms with Crippen molar-refractivity contribution in [2.24, 2.45) is 11.8 Å². The zero-order valence-electron chi connectivity index (χ0n) is 13.7. The van der Waals surface area contributed by atoms with E-state index in [2.05, 4.69) is 51.6 Å². The van der Waals surface area contributed by atoms with Gasteiger partial charge in [0, 0.05) is 0 Å². The fourth-order valence-electron chi connectivity index (χ4n) is 1.96. The predicted molar refractivity (Wildman–Crippen MR) is 83.1 cm³/mol. The van der Waals surface area contributed by atoms with E-state index in [9.17, 15) is 0 Å². The summed E-state index contributed by atoms with van der Waals surface area (Å²) in [6, 6.07) is 0. The first kappa shape index (κ1) is 17.9. The lowest BCUT2D eigenvalue weighted by atomic mass is 10.1. The second-order valence-corrected chi connectivity index (χ2v) is 6.72. The summed E-state index contributed by atoms with van der Waals surface area (Å²) in [6.45, 7) is 14.4. The fourth-order valence-corrected chi connectivity index (χ4v) is 1.96. The molecular weight excluding hydrogens is 220 g/mol. The summed E-state index contributed by atoms with van der Waals surface area (Å²) < 4.78 is 0. The van der Waals surface area contributed by atoms with Gasteiger partial charge in [-0.15, -0.1) is 0 Å². The van der Waals surface area contributed by atoms with E-state index in [1.807, 2.05) is 0 Å². The Morgan fingerprint density at radius 2 is 1.39 bits per heavy atom. The van der Waals surface area contributed by atoms with Crippen molar-refractivity contribution >= 4 is 0 Å². The van der Waals surface area contributed by atoms with Crippen LogP contribution in [0.2, 0.25) is 0 Å². The Hall–Kier alpha value is -0.0800. The van der Waals surface area contributed by atoms with Crippen LogP contribution in [0.4, 0.5) is 0 Å². The Morgan fingerprint density at radius 3 is 1.72 bits per heavy atom. The van der Waals surface area contributed by atoms with Crippen LogP contribution in [0, 0.1) is 11.8 Å². The van der Waals surface area contributed by atoms with Crippen LogP contribution in [0.3, 0.4) is 0 Å². The lowest BCUT2D eigenvalue weighted by Gasteiger charge is -2.15. The van der Waals surface area contributed by atoms with E-state index in [1.165, 1.54) is 51.9 Å². The van der Waals surface area contributed by atoms with Gasteiger partial charge in [-0.05, 0) is 77.8 Å². The summed E-state index contributed by atoms with van der Waals surface area (Å²) in [5.74, 6) is 1.72. The summed E-state index contributed by atoms with van der Waals surface area (Å²) in [7, 11) is 4.23. The van der Waals surface area contributed by atoms with Crippen molar-refractivity contribution < 1.29 is 0 Å². The second kappa shape index (κ2) is 10.8. The molecule has 0 radical (unpaired) electrons. The molecule has 1 aliphatic heterocycles. The molecule has 0 saturated carbocycles. The molecule has 1 fully saturated rings. The van der Waals surface area contributed by atoms with Gasteiger partial charge in [0.2, 0.25) is 0 Å². The quantitative estimate of drug-likeness (QED) is 0.714. The standard InChI is InChI=1S/C9H19N.C7H17N/c1-9(2)5-8-10-6-3-4-7-10;1-7(2)5-6-8(3)4/h9H,3-8H2,1-2H3;7H,5-6H2,1-4H3. The van der Waals surface area contributed by atoms with Gasteiger partial charge in [0.1, 0.15) is 0 Å². The zero-order chi connectivity index (χ0) is 14.0. The third-order valence-corrected chi connectivity index (χ3v) is 3.38. The first-order chi connectivity index (χ1) is 8.41. The van der Waals surface area contributed by atoms with Gasteiger partial charge in [-0.1, -0.05) is 27.7 Å². The molecule has 110 valence electrons. The van der Waals surface area contributed by atoms with Crippen LogP contribution in [0.5, 0.6) is 0 Å². The molecule has 2 nitrogen and oxygen atoms in total. The van der Waals surface area contributed by atoms with Crippen molar-refractivity contribution in [1.29, 1.82) is 0 Å². The largest absolute Gasteiger partial charge is 0.309 e. The highest BCUT2D eigenvalue weighted by Gasteiger charge is 2.10. The number of hydrogen-bond acceptors (Lipinski definition) is 2. The van der Waals surface area contributed by atoms with Crippen LogP contribution in [0.1, 0.15) is 53.4 Å². The zero-order valence-corrected chi connectivity index (χ0v) is 13.7. The van der Waals surface area contributed by atoms with E-state index in [1.54, 1.807) is 0 Å². The van der Waals surface area contributed by atoms with Gasteiger partial charge in [-0.3, -0.25) is 0 Å². The number of nitrogens with zero attached hydrogens (tertiary/aromatic N) is 2. The van der Waals surface area contributed by atoms with Gasteiger partial charge in [0.25, 0.3) is 0 Å². The topological polar surface area (TPSA) is 6.48 Å².